The van der Waals surface area contributed by atoms with Crippen LogP contribution in [0.25, 0.3) is 5.65 Å². The number of fused-ring (bicyclic) bond motifs is 1. The Morgan fingerprint density at radius 1 is 1.14 bits per heavy atom. The topological polar surface area (TPSA) is 83.8 Å². The number of halogens is 1. The summed E-state index contributed by atoms with van der Waals surface area (Å²) in [7, 11) is -3.68. The summed E-state index contributed by atoms with van der Waals surface area (Å²) in [6.45, 7) is 6.46. The van der Waals surface area contributed by atoms with Gasteiger partial charge in [-0.1, -0.05) is 31.5 Å². The van der Waals surface area contributed by atoms with E-state index in [1.54, 1.807) is 38.2 Å². The van der Waals surface area contributed by atoms with Crippen LogP contribution in [0.5, 0.6) is 0 Å². The highest BCUT2D eigenvalue weighted by Gasteiger charge is 2.24. The molecule has 1 N–H and O–H groups in total. The number of sulfonamides is 1. The first-order valence-electron chi connectivity index (χ1n) is 9.28. The molecular formula is C20H23ClN4O3S. The molecule has 0 atom stereocenters. The van der Waals surface area contributed by atoms with Gasteiger partial charge in [-0.15, -0.1) is 0 Å². The zero-order chi connectivity index (χ0) is 21.2. The van der Waals surface area contributed by atoms with E-state index in [4.69, 9.17) is 11.6 Å². The predicted octanol–water partition coefficient (Wildman–Crippen LogP) is 3.30. The van der Waals surface area contributed by atoms with Gasteiger partial charge in [0.05, 0.1) is 17.3 Å². The Balaban J connectivity index is 1.88. The standard InChI is InChI=1S/C20H23ClN4O3S/c1-4-24(5-2)29(27,28)18-10-15(7-8-17(18)21)22-12-16-11-20(26)25-13-14(3)6-9-19(25)23-16/h6-11,13,22H,4-5,12H2,1-3H3. The zero-order valence-corrected chi connectivity index (χ0v) is 18.1. The van der Waals surface area contributed by atoms with Crippen LogP contribution in [-0.2, 0) is 16.6 Å². The van der Waals surface area contributed by atoms with Gasteiger partial charge in [-0.2, -0.15) is 4.31 Å². The molecule has 2 aromatic heterocycles. The number of nitrogens with one attached hydrogen (secondary N) is 1. The monoisotopic (exact) mass is 434 g/mol. The Morgan fingerprint density at radius 2 is 1.86 bits per heavy atom. The molecule has 7 nitrogen and oxygen atoms in total. The summed E-state index contributed by atoms with van der Waals surface area (Å²) in [5.74, 6) is 0. The van der Waals surface area contributed by atoms with Crippen LogP contribution in [0.1, 0.15) is 25.1 Å². The summed E-state index contributed by atoms with van der Waals surface area (Å²) in [5.41, 5.74) is 2.49. The van der Waals surface area contributed by atoms with Crippen molar-refractivity contribution in [2.75, 3.05) is 18.4 Å². The van der Waals surface area contributed by atoms with Gasteiger partial charge in [-0.25, -0.2) is 13.4 Å². The molecule has 3 aromatic rings. The van der Waals surface area contributed by atoms with E-state index in [2.05, 4.69) is 10.3 Å². The molecule has 0 radical (unpaired) electrons. The molecule has 0 unspecified atom stereocenters. The Labute approximate surface area is 175 Å². The average Bonchev–Trinajstić information content (AvgIpc) is 2.68. The van der Waals surface area contributed by atoms with Crippen molar-refractivity contribution in [3.05, 3.63) is 69.2 Å². The fourth-order valence-electron chi connectivity index (χ4n) is 3.06. The van der Waals surface area contributed by atoms with Crippen LogP contribution in [0.2, 0.25) is 5.02 Å². The maximum Gasteiger partial charge on any atom is 0.258 e. The number of nitrogens with zero attached hydrogens (tertiary/aromatic N) is 3. The lowest BCUT2D eigenvalue weighted by Crippen LogP contribution is -2.30. The van der Waals surface area contributed by atoms with Crippen molar-refractivity contribution in [2.24, 2.45) is 0 Å². The van der Waals surface area contributed by atoms with E-state index in [0.717, 1.165) is 5.56 Å². The zero-order valence-electron chi connectivity index (χ0n) is 16.5. The van der Waals surface area contributed by atoms with Crippen molar-refractivity contribution >= 4 is 33.0 Å². The third-order valence-corrected chi connectivity index (χ3v) is 7.12. The maximum atomic E-state index is 12.8. The van der Waals surface area contributed by atoms with Crippen LogP contribution >= 0.6 is 11.6 Å². The molecule has 0 fully saturated rings. The summed E-state index contributed by atoms with van der Waals surface area (Å²) >= 11 is 6.16. The number of aromatic nitrogens is 2. The normalized spacial score (nSPS) is 11.9. The lowest BCUT2D eigenvalue weighted by Gasteiger charge is -2.20. The van der Waals surface area contributed by atoms with Crippen molar-refractivity contribution in [3.63, 3.8) is 0 Å². The predicted molar refractivity (Wildman–Crippen MR) is 115 cm³/mol. The summed E-state index contributed by atoms with van der Waals surface area (Å²) in [6.07, 6.45) is 1.74. The second-order valence-electron chi connectivity index (χ2n) is 6.61. The average molecular weight is 435 g/mol. The van der Waals surface area contributed by atoms with Gasteiger partial charge in [0.15, 0.2) is 0 Å². The summed E-state index contributed by atoms with van der Waals surface area (Å²) < 4.78 is 28.5. The molecule has 9 heteroatoms. The minimum atomic E-state index is -3.68. The Hall–Kier alpha value is -2.42. The number of anilines is 1. The van der Waals surface area contributed by atoms with Crippen LogP contribution in [-0.4, -0.2) is 35.2 Å². The van der Waals surface area contributed by atoms with Crippen molar-refractivity contribution in [1.82, 2.24) is 13.7 Å². The number of aryl methyl sites for hydroxylation is 1. The molecular weight excluding hydrogens is 412 g/mol. The van der Waals surface area contributed by atoms with Gasteiger partial charge in [-0.3, -0.25) is 9.20 Å². The lowest BCUT2D eigenvalue weighted by atomic mass is 10.3. The maximum absolute atomic E-state index is 12.8. The smallest absolute Gasteiger partial charge is 0.258 e. The van der Waals surface area contributed by atoms with E-state index in [0.29, 0.717) is 30.1 Å². The Bertz CT molecular complexity index is 1200. The first-order valence-corrected chi connectivity index (χ1v) is 11.1. The highest BCUT2D eigenvalue weighted by atomic mass is 35.5. The molecule has 0 bridgehead atoms. The molecule has 0 spiro atoms. The Kier molecular flexibility index (Phi) is 6.26. The van der Waals surface area contributed by atoms with Gasteiger partial charge in [-0.05, 0) is 36.8 Å². The SMILES string of the molecule is CCN(CC)S(=O)(=O)c1cc(NCc2cc(=O)n3cc(C)ccc3n2)ccc1Cl. The highest BCUT2D eigenvalue weighted by molar-refractivity contribution is 7.89. The van der Waals surface area contributed by atoms with Gasteiger partial charge in [0.1, 0.15) is 10.5 Å². The van der Waals surface area contributed by atoms with E-state index in [-0.39, 0.29) is 22.0 Å². The molecule has 0 aliphatic carbocycles. The Morgan fingerprint density at radius 3 is 2.55 bits per heavy atom. The van der Waals surface area contributed by atoms with Crippen LogP contribution in [0, 0.1) is 6.92 Å². The minimum Gasteiger partial charge on any atom is -0.379 e. The van der Waals surface area contributed by atoms with Crippen molar-refractivity contribution in [2.45, 2.75) is 32.2 Å². The number of pyridine rings is 1. The van der Waals surface area contributed by atoms with Gasteiger partial charge in [0.2, 0.25) is 10.0 Å². The second kappa shape index (κ2) is 8.52. The number of benzene rings is 1. The number of hydrogen-bond donors (Lipinski definition) is 1. The summed E-state index contributed by atoms with van der Waals surface area (Å²) in [5, 5.41) is 3.29. The second-order valence-corrected chi connectivity index (χ2v) is 8.92. The molecule has 0 aliphatic rings. The van der Waals surface area contributed by atoms with Gasteiger partial charge in [0.25, 0.3) is 5.56 Å². The first-order chi connectivity index (χ1) is 13.8. The minimum absolute atomic E-state index is 0.0508. The van der Waals surface area contributed by atoms with E-state index in [9.17, 15) is 13.2 Å². The quantitative estimate of drug-likeness (QED) is 0.616. The van der Waals surface area contributed by atoms with E-state index in [1.807, 2.05) is 13.0 Å². The summed E-state index contributed by atoms with van der Waals surface area (Å²) in [4.78, 5) is 16.9. The van der Waals surface area contributed by atoms with E-state index >= 15 is 0 Å². The molecule has 3 rings (SSSR count). The van der Waals surface area contributed by atoms with Crippen LogP contribution in [0.4, 0.5) is 5.69 Å². The molecule has 1 aromatic carbocycles. The first kappa shape index (κ1) is 21.3. The molecule has 0 saturated heterocycles. The fraction of sp³-hybridized carbons (Fsp3) is 0.300. The third-order valence-electron chi connectivity index (χ3n) is 4.59. The fourth-order valence-corrected chi connectivity index (χ4v) is 5.01. The van der Waals surface area contributed by atoms with Gasteiger partial charge < -0.3 is 5.32 Å². The van der Waals surface area contributed by atoms with Crippen molar-refractivity contribution in [3.8, 4) is 0 Å². The van der Waals surface area contributed by atoms with Crippen LogP contribution < -0.4 is 10.9 Å². The van der Waals surface area contributed by atoms with Gasteiger partial charge >= 0.3 is 0 Å². The molecule has 2 heterocycles. The van der Waals surface area contributed by atoms with E-state index in [1.165, 1.54) is 20.8 Å². The highest BCUT2D eigenvalue weighted by Crippen LogP contribution is 2.28. The molecule has 29 heavy (non-hydrogen) atoms. The van der Waals surface area contributed by atoms with E-state index < -0.39 is 10.0 Å². The molecule has 154 valence electrons. The molecule has 0 aliphatic heterocycles. The lowest BCUT2D eigenvalue weighted by molar-refractivity contribution is 0.445. The number of rotatable bonds is 7. The largest absolute Gasteiger partial charge is 0.379 e. The van der Waals surface area contributed by atoms with Gasteiger partial charge in [0, 0.05) is 31.0 Å². The summed E-state index contributed by atoms with van der Waals surface area (Å²) in [6, 6.07) is 9.89. The number of hydrogen-bond acceptors (Lipinski definition) is 5. The third kappa shape index (κ3) is 4.44. The molecule has 0 saturated carbocycles. The van der Waals surface area contributed by atoms with Crippen LogP contribution in [0.15, 0.2) is 52.3 Å². The van der Waals surface area contributed by atoms with Crippen molar-refractivity contribution < 1.29 is 8.42 Å². The van der Waals surface area contributed by atoms with Crippen molar-refractivity contribution in [1.29, 1.82) is 0 Å². The van der Waals surface area contributed by atoms with Crippen LogP contribution in [0.3, 0.4) is 0 Å². The molecule has 0 amide bonds.